The first-order valence-corrected chi connectivity index (χ1v) is 9.53. The van der Waals surface area contributed by atoms with Crippen molar-refractivity contribution in [3.63, 3.8) is 0 Å². The molecule has 1 N–H and O–H groups in total. The van der Waals surface area contributed by atoms with Gasteiger partial charge in [0.15, 0.2) is 5.65 Å². The molecular weight excluding hydrogens is 401 g/mol. The highest BCUT2D eigenvalue weighted by molar-refractivity contribution is 5.90. The van der Waals surface area contributed by atoms with E-state index in [1.54, 1.807) is 33.1 Å². The standard InChI is InChI=1S/C22H20FN5O3/c1-13-4-9-18(17(23)10-13)25-21(29)12-27-22(30)28-14(2)24-19(11-20(28)26-27)15-5-7-16(31-3)8-6-15/h4-11H,12H2,1-3H3,(H,25,29). The molecule has 2 heterocycles. The first kappa shape index (κ1) is 20.3. The van der Waals surface area contributed by atoms with Gasteiger partial charge in [0.1, 0.15) is 23.9 Å². The quantitative estimate of drug-likeness (QED) is 0.535. The summed E-state index contributed by atoms with van der Waals surface area (Å²) in [6.07, 6.45) is 0. The second-order valence-corrected chi connectivity index (χ2v) is 7.08. The van der Waals surface area contributed by atoms with E-state index in [9.17, 15) is 14.0 Å². The number of carbonyl (C=O) groups excluding carboxylic acids is 1. The molecular formula is C22H20FN5O3. The summed E-state index contributed by atoms with van der Waals surface area (Å²) in [5.74, 6) is 0.0525. The fraction of sp³-hybridized carbons (Fsp3) is 0.182. The summed E-state index contributed by atoms with van der Waals surface area (Å²) in [7, 11) is 1.59. The van der Waals surface area contributed by atoms with E-state index < -0.39 is 17.4 Å². The lowest BCUT2D eigenvalue weighted by molar-refractivity contribution is -0.117. The maximum Gasteiger partial charge on any atom is 0.352 e. The van der Waals surface area contributed by atoms with Crippen molar-refractivity contribution in [3.05, 3.63) is 76.2 Å². The van der Waals surface area contributed by atoms with Crippen LogP contribution in [-0.2, 0) is 11.3 Å². The zero-order valence-electron chi connectivity index (χ0n) is 17.2. The zero-order valence-corrected chi connectivity index (χ0v) is 17.2. The molecule has 9 heteroatoms. The monoisotopic (exact) mass is 421 g/mol. The van der Waals surface area contributed by atoms with Crippen molar-refractivity contribution in [2.24, 2.45) is 0 Å². The van der Waals surface area contributed by atoms with Crippen molar-refractivity contribution in [3.8, 4) is 17.0 Å². The van der Waals surface area contributed by atoms with Crippen LogP contribution in [0.4, 0.5) is 10.1 Å². The highest BCUT2D eigenvalue weighted by Crippen LogP contribution is 2.22. The van der Waals surface area contributed by atoms with Crippen molar-refractivity contribution in [2.45, 2.75) is 20.4 Å². The summed E-state index contributed by atoms with van der Waals surface area (Å²) in [5.41, 5.74) is 2.12. The molecule has 2 aromatic heterocycles. The van der Waals surface area contributed by atoms with Crippen LogP contribution in [0.25, 0.3) is 16.9 Å². The topological polar surface area (TPSA) is 90.5 Å². The number of aromatic nitrogens is 4. The van der Waals surface area contributed by atoms with Gasteiger partial charge in [-0.3, -0.25) is 4.79 Å². The molecule has 4 aromatic rings. The first-order valence-electron chi connectivity index (χ1n) is 9.53. The fourth-order valence-electron chi connectivity index (χ4n) is 3.26. The summed E-state index contributed by atoms with van der Waals surface area (Å²) >= 11 is 0. The third-order valence-corrected chi connectivity index (χ3v) is 4.81. The fourth-order valence-corrected chi connectivity index (χ4v) is 3.26. The van der Waals surface area contributed by atoms with E-state index in [-0.39, 0.29) is 12.2 Å². The number of benzene rings is 2. The van der Waals surface area contributed by atoms with Crippen LogP contribution in [0.1, 0.15) is 11.4 Å². The molecule has 0 aliphatic carbocycles. The maximum absolute atomic E-state index is 14.0. The number of ether oxygens (including phenoxy) is 1. The van der Waals surface area contributed by atoms with Gasteiger partial charge < -0.3 is 10.1 Å². The largest absolute Gasteiger partial charge is 0.497 e. The number of carbonyl (C=O) groups is 1. The second-order valence-electron chi connectivity index (χ2n) is 7.08. The molecule has 2 aromatic carbocycles. The lowest BCUT2D eigenvalue weighted by atomic mass is 10.1. The molecule has 0 atom stereocenters. The Hall–Kier alpha value is -4.01. The molecule has 0 unspecified atom stereocenters. The van der Waals surface area contributed by atoms with E-state index in [1.165, 1.54) is 16.5 Å². The lowest BCUT2D eigenvalue weighted by Gasteiger charge is -2.06. The predicted octanol–water partition coefficient (Wildman–Crippen LogP) is 2.96. The van der Waals surface area contributed by atoms with Crippen LogP contribution >= 0.6 is 0 Å². The number of fused-ring (bicyclic) bond motifs is 1. The molecule has 0 radical (unpaired) electrons. The SMILES string of the molecule is COc1ccc(-c2cc3nn(CC(=O)Nc4ccc(C)cc4F)c(=O)n3c(C)n2)cc1. The van der Waals surface area contributed by atoms with Gasteiger partial charge in [-0.25, -0.2) is 23.3 Å². The number of amides is 1. The van der Waals surface area contributed by atoms with Crippen molar-refractivity contribution >= 4 is 17.2 Å². The van der Waals surface area contributed by atoms with Crippen LogP contribution < -0.4 is 15.7 Å². The van der Waals surface area contributed by atoms with E-state index in [2.05, 4.69) is 15.4 Å². The van der Waals surface area contributed by atoms with Gasteiger partial charge in [-0.1, -0.05) is 6.07 Å². The van der Waals surface area contributed by atoms with Crippen LogP contribution in [0.2, 0.25) is 0 Å². The molecule has 0 aliphatic heterocycles. The van der Waals surface area contributed by atoms with Gasteiger partial charge in [0, 0.05) is 11.6 Å². The Balaban J connectivity index is 1.63. The van der Waals surface area contributed by atoms with Crippen LogP contribution in [0, 0.1) is 19.7 Å². The van der Waals surface area contributed by atoms with E-state index in [0.717, 1.165) is 21.6 Å². The molecule has 0 bridgehead atoms. The van der Waals surface area contributed by atoms with Gasteiger partial charge in [-0.15, -0.1) is 5.10 Å². The number of nitrogens with one attached hydrogen (secondary N) is 1. The number of hydrogen-bond donors (Lipinski definition) is 1. The van der Waals surface area contributed by atoms with Gasteiger partial charge >= 0.3 is 5.69 Å². The first-order chi connectivity index (χ1) is 14.9. The number of hydrogen-bond acceptors (Lipinski definition) is 5. The van der Waals surface area contributed by atoms with E-state index in [0.29, 0.717) is 17.2 Å². The molecule has 0 saturated heterocycles. The zero-order chi connectivity index (χ0) is 22.1. The number of aryl methyl sites for hydroxylation is 2. The third kappa shape index (κ3) is 4.02. The number of anilines is 1. The minimum absolute atomic E-state index is 0.0482. The van der Waals surface area contributed by atoms with E-state index >= 15 is 0 Å². The Morgan fingerprint density at radius 2 is 1.87 bits per heavy atom. The van der Waals surface area contributed by atoms with Crippen molar-refractivity contribution in [1.82, 2.24) is 19.2 Å². The average Bonchev–Trinajstić information content (AvgIpc) is 3.05. The van der Waals surface area contributed by atoms with Gasteiger partial charge in [0.05, 0.1) is 18.5 Å². The van der Waals surface area contributed by atoms with Crippen molar-refractivity contribution < 1.29 is 13.9 Å². The van der Waals surface area contributed by atoms with Crippen LogP contribution in [0.5, 0.6) is 5.75 Å². The minimum Gasteiger partial charge on any atom is -0.497 e. The number of halogens is 1. The Bertz CT molecular complexity index is 1340. The van der Waals surface area contributed by atoms with Crippen LogP contribution in [0.15, 0.2) is 53.3 Å². The third-order valence-electron chi connectivity index (χ3n) is 4.81. The van der Waals surface area contributed by atoms with Gasteiger partial charge in [-0.05, 0) is 55.8 Å². The Morgan fingerprint density at radius 1 is 1.13 bits per heavy atom. The second kappa shape index (κ2) is 8.02. The summed E-state index contributed by atoms with van der Waals surface area (Å²) in [4.78, 5) is 29.6. The molecule has 0 fully saturated rings. The summed E-state index contributed by atoms with van der Waals surface area (Å²) < 4.78 is 21.5. The Kier molecular flexibility index (Phi) is 5.24. The average molecular weight is 421 g/mol. The summed E-state index contributed by atoms with van der Waals surface area (Å²) in [5, 5.41) is 6.73. The molecule has 0 spiro atoms. The van der Waals surface area contributed by atoms with Crippen LogP contribution in [-0.4, -0.2) is 32.2 Å². The summed E-state index contributed by atoms with van der Waals surface area (Å²) in [6, 6.07) is 13.5. The molecule has 1 amide bonds. The molecule has 0 saturated carbocycles. The number of nitrogens with zero attached hydrogens (tertiary/aromatic N) is 4. The lowest BCUT2D eigenvalue weighted by Crippen LogP contribution is -2.29. The highest BCUT2D eigenvalue weighted by Gasteiger charge is 2.15. The van der Waals surface area contributed by atoms with Gasteiger partial charge in [0.2, 0.25) is 5.91 Å². The maximum atomic E-state index is 14.0. The molecule has 0 aliphatic rings. The molecule has 31 heavy (non-hydrogen) atoms. The molecule has 8 nitrogen and oxygen atoms in total. The minimum atomic E-state index is -0.561. The normalized spacial score (nSPS) is 11.0. The van der Waals surface area contributed by atoms with Gasteiger partial charge in [-0.2, -0.15) is 0 Å². The highest BCUT2D eigenvalue weighted by atomic mass is 19.1. The van der Waals surface area contributed by atoms with Gasteiger partial charge in [0.25, 0.3) is 0 Å². The Morgan fingerprint density at radius 3 is 2.55 bits per heavy atom. The van der Waals surface area contributed by atoms with Crippen molar-refractivity contribution in [1.29, 1.82) is 0 Å². The van der Waals surface area contributed by atoms with Crippen molar-refractivity contribution in [2.75, 3.05) is 12.4 Å². The van der Waals surface area contributed by atoms with E-state index in [1.807, 2.05) is 24.3 Å². The molecule has 4 rings (SSSR count). The molecule has 158 valence electrons. The Labute approximate surface area is 176 Å². The number of rotatable bonds is 5. The predicted molar refractivity (Wildman–Crippen MR) is 114 cm³/mol. The smallest absolute Gasteiger partial charge is 0.352 e. The van der Waals surface area contributed by atoms with E-state index in [4.69, 9.17) is 4.74 Å². The van der Waals surface area contributed by atoms with Crippen LogP contribution in [0.3, 0.4) is 0 Å². The summed E-state index contributed by atoms with van der Waals surface area (Å²) in [6.45, 7) is 3.09. The number of methoxy groups -OCH3 is 1.